The van der Waals surface area contributed by atoms with E-state index >= 15 is 0 Å². The smallest absolute Gasteiger partial charge is 0.258 e. The minimum Gasteiger partial charge on any atom is -0.319 e. The van der Waals surface area contributed by atoms with Gasteiger partial charge < -0.3 is 5.32 Å². The van der Waals surface area contributed by atoms with Gasteiger partial charge in [-0.2, -0.15) is 5.10 Å². The van der Waals surface area contributed by atoms with E-state index in [1.165, 1.54) is 12.4 Å². The van der Waals surface area contributed by atoms with Crippen LogP contribution in [0, 0.1) is 6.92 Å². The Balaban J connectivity index is 1.66. The fourth-order valence-corrected chi connectivity index (χ4v) is 2.00. The standard InChI is InChI=1S/C16H15N5O/c1-12-17-7-14(8-18-12)16(22)20-15-9-19-21(11-15)10-13-5-3-2-4-6-13/h2-9,11H,10H2,1H3,(H,20,22). The second kappa shape index (κ2) is 6.17. The molecule has 0 saturated heterocycles. The summed E-state index contributed by atoms with van der Waals surface area (Å²) in [6.07, 6.45) is 6.42. The number of nitrogens with one attached hydrogen (secondary N) is 1. The minimum atomic E-state index is -0.251. The van der Waals surface area contributed by atoms with Crippen molar-refractivity contribution in [3.63, 3.8) is 0 Å². The lowest BCUT2D eigenvalue weighted by Crippen LogP contribution is -2.12. The summed E-state index contributed by atoms with van der Waals surface area (Å²) in [6, 6.07) is 10.0. The van der Waals surface area contributed by atoms with Crippen LogP contribution in [0.4, 0.5) is 5.69 Å². The van der Waals surface area contributed by atoms with Crippen molar-refractivity contribution in [1.29, 1.82) is 0 Å². The van der Waals surface area contributed by atoms with E-state index in [4.69, 9.17) is 0 Å². The van der Waals surface area contributed by atoms with E-state index in [9.17, 15) is 4.79 Å². The van der Waals surface area contributed by atoms with Gasteiger partial charge in [0.15, 0.2) is 0 Å². The van der Waals surface area contributed by atoms with Gasteiger partial charge in [-0.15, -0.1) is 0 Å². The molecule has 0 radical (unpaired) electrons. The molecule has 0 saturated carbocycles. The Morgan fingerprint density at radius 2 is 1.86 bits per heavy atom. The number of hydrogen-bond donors (Lipinski definition) is 1. The average molecular weight is 293 g/mol. The molecule has 0 atom stereocenters. The average Bonchev–Trinajstić information content (AvgIpc) is 2.96. The lowest BCUT2D eigenvalue weighted by atomic mass is 10.2. The van der Waals surface area contributed by atoms with Crippen molar-refractivity contribution in [2.24, 2.45) is 0 Å². The highest BCUT2D eigenvalue weighted by Gasteiger charge is 2.08. The Bertz CT molecular complexity index is 765. The molecule has 1 N–H and O–H groups in total. The molecule has 3 rings (SSSR count). The maximum atomic E-state index is 12.1. The number of carbonyl (C=O) groups excluding carboxylic acids is 1. The van der Waals surface area contributed by atoms with Crippen LogP contribution in [0.2, 0.25) is 0 Å². The summed E-state index contributed by atoms with van der Waals surface area (Å²) in [7, 11) is 0. The first-order chi connectivity index (χ1) is 10.7. The molecule has 0 aliphatic heterocycles. The van der Waals surface area contributed by atoms with Gasteiger partial charge in [0.05, 0.1) is 24.0 Å². The van der Waals surface area contributed by atoms with Crippen LogP contribution in [0.5, 0.6) is 0 Å². The zero-order valence-electron chi connectivity index (χ0n) is 12.1. The number of aryl methyl sites for hydroxylation is 1. The van der Waals surface area contributed by atoms with Crippen molar-refractivity contribution in [2.75, 3.05) is 5.32 Å². The Kier molecular flexibility index (Phi) is 3.91. The van der Waals surface area contributed by atoms with Crippen LogP contribution in [-0.4, -0.2) is 25.7 Å². The number of hydrogen-bond acceptors (Lipinski definition) is 4. The third-order valence-corrected chi connectivity index (χ3v) is 3.12. The van der Waals surface area contributed by atoms with Gasteiger partial charge in [0.2, 0.25) is 0 Å². The number of benzene rings is 1. The molecule has 6 heteroatoms. The van der Waals surface area contributed by atoms with Gasteiger partial charge >= 0.3 is 0 Å². The lowest BCUT2D eigenvalue weighted by molar-refractivity contribution is 0.102. The molecule has 0 unspecified atom stereocenters. The zero-order valence-corrected chi connectivity index (χ0v) is 12.1. The van der Waals surface area contributed by atoms with Crippen LogP contribution in [0.1, 0.15) is 21.7 Å². The molecule has 0 bridgehead atoms. The van der Waals surface area contributed by atoms with E-state index in [-0.39, 0.29) is 5.91 Å². The van der Waals surface area contributed by atoms with Gasteiger partial charge in [-0.05, 0) is 12.5 Å². The molecule has 0 spiro atoms. The molecule has 2 aromatic heterocycles. The molecule has 22 heavy (non-hydrogen) atoms. The van der Waals surface area contributed by atoms with Crippen molar-refractivity contribution in [3.05, 3.63) is 72.1 Å². The fourth-order valence-electron chi connectivity index (χ4n) is 2.00. The third kappa shape index (κ3) is 3.35. The highest BCUT2D eigenvalue weighted by molar-refractivity contribution is 6.03. The molecule has 1 amide bonds. The molecule has 0 aliphatic carbocycles. The second-order valence-electron chi connectivity index (χ2n) is 4.89. The molecule has 3 aromatic rings. The highest BCUT2D eigenvalue weighted by atomic mass is 16.1. The first-order valence-electron chi connectivity index (χ1n) is 6.87. The van der Waals surface area contributed by atoms with E-state index in [1.807, 2.05) is 30.3 Å². The second-order valence-corrected chi connectivity index (χ2v) is 4.89. The van der Waals surface area contributed by atoms with Gasteiger partial charge in [0.25, 0.3) is 5.91 Å². The quantitative estimate of drug-likeness (QED) is 0.801. The van der Waals surface area contributed by atoms with Crippen LogP contribution in [0.15, 0.2) is 55.1 Å². The number of aromatic nitrogens is 4. The van der Waals surface area contributed by atoms with Gasteiger partial charge in [-0.1, -0.05) is 30.3 Å². The lowest BCUT2D eigenvalue weighted by Gasteiger charge is -2.02. The molecular formula is C16H15N5O. The van der Waals surface area contributed by atoms with Crippen LogP contribution in [0.25, 0.3) is 0 Å². The summed E-state index contributed by atoms with van der Waals surface area (Å²) in [5.41, 5.74) is 2.21. The van der Waals surface area contributed by atoms with Gasteiger partial charge in [-0.3, -0.25) is 9.48 Å². The largest absolute Gasteiger partial charge is 0.319 e. The van der Waals surface area contributed by atoms with Crippen molar-refractivity contribution >= 4 is 11.6 Å². The minimum absolute atomic E-state index is 0.251. The Morgan fingerprint density at radius 1 is 1.14 bits per heavy atom. The van der Waals surface area contributed by atoms with Crippen LogP contribution in [-0.2, 0) is 6.54 Å². The molecular weight excluding hydrogens is 278 g/mol. The number of anilines is 1. The Labute approximate surface area is 127 Å². The number of rotatable bonds is 4. The SMILES string of the molecule is Cc1ncc(C(=O)Nc2cnn(Cc3ccccc3)c2)cn1. The number of carbonyl (C=O) groups is 1. The predicted molar refractivity (Wildman–Crippen MR) is 82.5 cm³/mol. The first kappa shape index (κ1) is 13.9. The van der Waals surface area contributed by atoms with Crippen molar-refractivity contribution in [3.8, 4) is 0 Å². The van der Waals surface area contributed by atoms with Crippen LogP contribution in [0.3, 0.4) is 0 Å². The number of amides is 1. The predicted octanol–water partition coefficient (Wildman–Crippen LogP) is 2.28. The summed E-state index contributed by atoms with van der Waals surface area (Å²) in [5.74, 6) is 0.381. The van der Waals surface area contributed by atoms with Gasteiger partial charge in [-0.25, -0.2) is 9.97 Å². The normalized spacial score (nSPS) is 10.4. The summed E-state index contributed by atoms with van der Waals surface area (Å²) in [6.45, 7) is 2.43. The summed E-state index contributed by atoms with van der Waals surface area (Å²) in [5, 5.41) is 7.02. The van der Waals surface area contributed by atoms with Crippen molar-refractivity contribution < 1.29 is 4.79 Å². The molecule has 0 aliphatic rings. The van der Waals surface area contributed by atoms with E-state index in [0.717, 1.165) is 5.56 Å². The molecule has 110 valence electrons. The maximum Gasteiger partial charge on any atom is 0.258 e. The first-order valence-corrected chi connectivity index (χ1v) is 6.87. The van der Waals surface area contributed by atoms with E-state index in [2.05, 4.69) is 20.4 Å². The monoisotopic (exact) mass is 293 g/mol. The summed E-state index contributed by atoms with van der Waals surface area (Å²) in [4.78, 5) is 20.1. The molecule has 1 aromatic carbocycles. The molecule has 0 fully saturated rings. The highest BCUT2D eigenvalue weighted by Crippen LogP contribution is 2.09. The zero-order chi connectivity index (χ0) is 15.4. The van der Waals surface area contributed by atoms with E-state index in [1.54, 1.807) is 24.0 Å². The molecule has 2 heterocycles. The van der Waals surface area contributed by atoms with Crippen LogP contribution < -0.4 is 5.32 Å². The fraction of sp³-hybridized carbons (Fsp3) is 0.125. The molecule has 6 nitrogen and oxygen atoms in total. The maximum absolute atomic E-state index is 12.1. The van der Waals surface area contributed by atoms with E-state index < -0.39 is 0 Å². The topological polar surface area (TPSA) is 72.7 Å². The summed E-state index contributed by atoms with van der Waals surface area (Å²) < 4.78 is 1.77. The van der Waals surface area contributed by atoms with Crippen molar-refractivity contribution in [2.45, 2.75) is 13.5 Å². The van der Waals surface area contributed by atoms with Crippen molar-refractivity contribution in [1.82, 2.24) is 19.7 Å². The Hall–Kier alpha value is -3.02. The third-order valence-electron chi connectivity index (χ3n) is 3.12. The van der Waals surface area contributed by atoms with E-state index in [0.29, 0.717) is 23.6 Å². The van der Waals surface area contributed by atoms with Crippen LogP contribution >= 0.6 is 0 Å². The number of nitrogens with zero attached hydrogens (tertiary/aromatic N) is 4. The Morgan fingerprint density at radius 3 is 2.59 bits per heavy atom. The summed E-state index contributed by atoms with van der Waals surface area (Å²) >= 11 is 0. The van der Waals surface area contributed by atoms with Gasteiger partial charge in [0, 0.05) is 18.6 Å². The van der Waals surface area contributed by atoms with Gasteiger partial charge in [0.1, 0.15) is 5.82 Å².